The molecule has 1 amide bonds. The lowest BCUT2D eigenvalue weighted by molar-refractivity contribution is -0.116. The van der Waals surface area contributed by atoms with Gasteiger partial charge in [0.25, 0.3) is 0 Å². The number of carbonyl (C=O) groups excluding carboxylic acids is 1. The fraction of sp³-hybridized carbons (Fsp3) is 0.600. The normalized spacial score (nSPS) is 16.1. The summed E-state index contributed by atoms with van der Waals surface area (Å²) in [5.41, 5.74) is 0.193. The topological polar surface area (TPSA) is 66.4 Å². The molecule has 1 saturated carbocycles. The van der Waals surface area contributed by atoms with E-state index in [2.05, 4.69) is 5.32 Å². The number of nitrogens with one attached hydrogen (secondary N) is 1. The zero-order valence-electron chi connectivity index (χ0n) is 11.8. The van der Waals surface area contributed by atoms with Crippen molar-refractivity contribution in [3.05, 3.63) is 16.5 Å². The molecule has 0 bridgehead atoms. The van der Waals surface area contributed by atoms with Crippen LogP contribution in [0.2, 0.25) is 0 Å². The van der Waals surface area contributed by atoms with Gasteiger partial charge in [0.1, 0.15) is 5.00 Å². The molecule has 5 heteroatoms. The van der Waals surface area contributed by atoms with Crippen molar-refractivity contribution in [2.75, 3.05) is 5.32 Å². The number of hydrogen-bond acceptors (Lipinski definition) is 3. The van der Waals surface area contributed by atoms with Crippen LogP contribution >= 0.6 is 11.3 Å². The first-order valence-corrected chi connectivity index (χ1v) is 8.01. The molecule has 1 heterocycles. The molecule has 20 heavy (non-hydrogen) atoms. The van der Waals surface area contributed by atoms with Crippen molar-refractivity contribution in [2.24, 2.45) is 5.92 Å². The second-order valence-electron chi connectivity index (χ2n) is 5.50. The molecule has 0 spiro atoms. The number of thiophene rings is 1. The second-order valence-corrected chi connectivity index (χ2v) is 6.75. The van der Waals surface area contributed by atoms with Gasteiger partial charge in [-0.3, -0.25) is 4.79 Å². The quantitative estimate of drug-likeness (QED) is 0.861. The van der Waals surface area contributed by atoms with E-state index in [9.17, 15) is 9.59 Å². The molecule has 4 nitrogen and oxygen atoms in total. The summed E-state index contributed by atoms with van der Waals surface area (Å²) >= 11 is 1.32. The third-order valence-corrected chi connectivity index (χ3v) is 4.81. The lowest BCUT2D eigenvalue weighted by Gasteiger charge is -2.20. The molecule has 1 aromatic rings. The van der Waals surface area contributed by atoms with Gasteiger partial charge in [0.15, 0.2) is 0 Å². The summed E-state index contributed by atoms with van der Waals surface area (Å²) in [6, 6.07) is 1.60. The largest absolute Gasteiger partial charge is 0.478 e. The summed E-state index contributed by atoms with van der Waals surface area (Å²) in [5, 5.41) is 12.3. The van der Waals surface area contributed by atoms with E-state index in [4.69, 9.17) is 5.11 Å². The van der Waals surface area contributed by atoms with Crippen molar-refractivity contribution >= 4 is 28.2 Å². The van der Waals surface area contributed by atoms with Crippen molar-refractivity contribution in [3.8, 4) is 0 Å². The Morgan fingerprint density at radius 1 is 1.35 bits per heavy atom. The number of aromatic carboxylic acids is 1. The molecule has 0 saturated heterocycles. The zero-order valence-corrected chi connectivity index (χ0v) is 12.6. The summed E-state index contributed by atoms with van der Waals surface area (Å²) < 4.78 is 0. The Labute approximate surface area is 123 Å². The van der Waals surface area contributed by atoms with Crippen LogP contribution in [-0.4, -0.2) is 17.0 Å². The van der Waals surface area contributed by atoms with Gasteiger partial charge in [-0.2, -0.15) is 0 Å². The predicted molar refractivity (Wildman–Crippen MR) is 80.5 cm³/mol. The molecule has 2 N–H and O–H groups in total. The van der Waals surface area contributed by atoms with Crippen molar-refractivity contribution in [2.45, 2.75) is 51.9 Å². The van der Waals surface area contributed by atoms with Crippen LogP contribution in [0, 0.1) is 12.8 Å². The maximum atomic E-state index is 11.9. The molecule has 1 aliphatic rings. The van der Waals surface area contributed by atoms with E-state index in [0.717, 1.165) is 11.3 Å². The molecule has 1 aromatic heterocycles. The minimum Gasteiger partial charge on any atom is -0.478 e. The van der Waals surface area contributed by atoms with Gasteiger partial charge in [0.2, 0.25) is 5.91 Å². The molecule has 1 fully saturated rings. The Kier molecular flexibility index (Phi) is 5.17. The van der Waals surface area contributed by atoms with Crippen molar-refractivity contribution in [3.63, 3.8) is 0 Å². The molecule has 0 aliphatic heterocycles. The SMILES string of the molecule is Cc1cc(C(=O)O)c(NC(=O)CCC2CCCCC2)s1. The third-order valence-electron chi connectivity index (χ3n) is 3.84. The summed E-state index contributed by atoms with van der Waals surface area (Å²) in [6.45, 7) is 1.84. The van der Waals surface area contributed by atoms with Gasteiger partial charge in [-0.05, 0) is 25.3 Å². The van der Waals surface area contributed by atoms with Gasteiger partial charge in [0, 0.05) is 11.3 Å². The predicted octanol–water partition coefficient (Wildman–Crippen LogP) is 4.05. The second kappa shape index (κ2) is 6.88. The molecular weight excluding hydrogens is 274 g/mol. The maximum absolute atomic E-state index is 11.9. The fourth-order valence-corrected chi connectivity index (χ4v) is 3.69. The van der Waals surface area contributed by atoms with E-state index in [1.165, 1.54) is 43.4 Å². The Balaban J connectivity index is 1.86. The van der Waals surface area contributed by atoms with Crippen LogP contribution in [0.25, 0.3) is 0 Å². The standard InChI is InChI=1S/C15H21NO3S/c1-10-9-12(15(18)19)14(20-10)16-13(17)8-7-11-5-3-2-4-6-11/h9,11H,2-8H2,1H3,(H,16,17)(H,18,19). The van der Waals surface area contributed by atoms with Crippen LogP contribution in [0.15, 0.2) is 6.07 Å². The fourth-order valence-electron chi connectivity index (χ4n) is 2.77. The minimum atomic E-state index is -0.989. The number of amides is 1. The van der Waals surface area contributed by atoms with Gasteiger partial charge in [-0.15, -0.1) is 11.3 Å². The number of carboxylic acids is 1. The number of anilines is 1. The summed E-state index contributed by atoms with van der Waals surface area (Å²) in [6.07, 6.45) is 7.73. The zero-order chi connectivity index (χ0) is 14.5. The van der Waals surface area contributed by atoms with E-state index in [0.29, 0.717) is 17.3 Å². The van der Waals surface area contributed by atoms with E-state index in [-0.39, 0.29) is 11.5 Å². The van der Waals surface area contributed by atoms with E-state index >= 15 is 0 Å². The molecule has 0 aromatic carbocycles. The summed E-state index contributed by atoms with van der Waals surface area (Å²) in [4.78, 5) is 23.9. The lowest BCUT2D eigenvalue weighted by atomic mass is 9.86. The number of carbonyl (C=O) groups is 2. The molecule has 0 unspecified atom stereocenters. The van der Waals surface area contributed by atoms with Crippen molar-refractivity contribution in [1.29, 1.82) is 0 Å². The van der Waals surface area contributed by atoms with Gasteiger partial charge in [0.05, 0.1) is 5.56 Å². The molecule has 1 aliphatic carbocycles. The number of aryl methyl sites for hydroxylation is 1. The first kappa shape index (κ1) is 15.0. The first-order chi connectivity index (χ1) is 9.56. The van der Waals surface area contributed by atoms with Gasteiger partial charge < -0.3 is 10.4 Å². The van der Waals surface area contributed by atoms with Crippen molar-refractivity contribution < 1.29 is 14.7 Å². The summed E-state index contributed by atoms with van der Waals surface area (Å²) in [7, 11) is 0. The van der Waals surface area contributed by atoms with Crippen LogP contribution in [0.4, 0.5) is 5.00 Å². The van der Waals surface area contributed by atoms with Crippen LogP contribution in [0.1, 0.15) is 60.2 Å². The van der Waals surface area contributed by atoms with Crippen LogP contribution in [0.5, 0.6) is 0 Å². The summed E-state index contributed by atoms with van der Waals surface area (Å²) in [5.74, 6) is -0.393. The smallest absolute Gasteiger partial charge is 0.338 e. The lowest BCUT2D eigenvalue weighted by Crippen LogP contribution is -2.15. The average molecular weight is 295 g/mol. The highest BCUT2D eigenvalue weighted by Crippen LogP contribution is 2.29. The molecule has 0 radical (unpaired) electrons. The third kappa shape index (κ3) is 4.07. The van der Waals surface area contributed by atoms with E-state index in [1.54, 1.807) is 6.07 Å². The number of rotatable bonds is 5. The minimum absolute atomic E-state index is 0.0695. The Morgan fingerprint density at radius 3 is 2.70 bits per heavy atom. The number of carboxylic acid groups (broad SMARTS) is 1. The van der Waals surface area contributed by atoms with E-state index < -0.39 is 5.97 Å². The maximum Gasteiger partial charge on any atom is 0.338 e. The van der Waals surface area contributed by atoms with Gasteiger partial charge in [-0.25, -0.2) is 4.79 Å². The highest BCUT2D eigenvalue weighted by molar-refractivity contribution is 7.16. The Hall–Kier alpha value is -1.36. The Bertz CT molecular complexity index is 489. The number of hydrogen-bond donors (Lipinski definition) is 2. The monoisotopic (exact) mass is 295 g/mol. The van der Waals surface area contributed by atoms with Crippen LogP contribution in [-0.2, 0) is 4.79 Å². The Morgan fingerprint density at radius 2 is 2.05 bits per heavy atom. The van der Waals surface area contributed by atoms with E-state index in [1.807, 2.05) is 6.92 Å². The molecule has 2 rings (SSSR count). The highest BCUT2D eigenvalue weighted by Gasteiger charge is 2.18. The molecule has 110 valence electrons. The van der Waals surface area contributed by atoms with Gasteiger partial charge >= 0.3 is 5.97 Å². The first-order valence-electron chi connectivity index (χ1n) is 7.20. The molecular formula is C15H21NO3S. The van der Waals surface area contributed by atoms with Crippen molar-refractivity contribution in [1.82, 2.24) is 0 Å². The van der Waals surface area contributed by atoms with Crippen LogP contribution < -0.4 is 5.32 Å². The van der Waals surface area contributed by atoms with Crippen LogP contribution in [0.3, 0.4) is 0 Å². The average Bonchev–Trinajstić information content (AvgIpc) is 2.79. The molecule has 0 atom stereocenters. The highest BCUT2D eigenvalue weighted by atomic mass is 32.1. The van der Waals surface area contributed by atoms with Gasteiger partial charge in [-0.1, -0.05) is 32.1 Å².